The molecule has 0 saturated heterocycles. The normalized spacial score (nSPS) is 12.0. The number of nitrogens with one attached hydrogen (secondary N) is 1. The summed E-state index contributed by atoms with van der Waals surface area (Å²) in [4.78, 5) is 35.9. The standard InChI is InChI=1S/C19H23N3O5/c1-5-14-16(15(6-2)27-21-14)19(24)20-17(11(3)4)18(23)12-7-9-13(10-8-12)22(25)26/h7-11,17H,5-6H2,1-4H3,(H,20,24). The van der Waals surface area contributed by atoms with Gasteiger partial charge in [0, 0.05) is 24.1 Å². The molecule has 144 valence electrons. The quantitative estimate of drug-likeness (QED) is 0.431. The summed E-state index contributed by atoms with van der Waals surface area (Å²) in [5, 5.41) is 17.5. The Morgan fingerprint density at radius 2 is 1.81 bits per heavy atom. The highest BCUT2D eigenvalue weighted by molar-refractivity contribution is 6.05. The SMILES string of the molecule is CCc1noc(CC)c1C(=O)NC(C(=O)c1ccc([N+](=O)[O-])cc1)C(C)C. The minimum Gasteiger partial charge on any atom is -0.360 e. The maximum absolute atomic E-state index is 12.9. The highest BCUT2D eigenvalue weighted by atomic mass is 16.6. The Hall–Kier alpha value is -3.03. The minimum absolute atomic E-state index is 0.0960. The number of amides is 1. The van der Waals surface area contributed by atoms with Crippen LogP contribution in [0.5, 0.6) is 0 Å². The van der Waals surface area contributed by atoms with Crippen LogP contribution >= 0.6 is 0 Å². The van der Waals surface area contributed by atoms with Crippen LogP contribution in [0.1, 0.15) is 59.9 Å². The van der Waals surface area contributed by atoms with E-state index in [4.69, 9.17) is 4.52 Å². The number of carbonyl (C=O) groups excluding carboxylic acids is 2. The second-order valence-corrected chi connectivity index (χ2v) is 6.50. The highest BCUT2D eigenvalue weighted by Crippen LogP contribution is 2.19. The molecule has 0 saturated carbocycles. The Bertz CT molecular complexity index is 818. The summed E-state index contributed by atoms with van der Waals surface area (Å²) >= 11 is 0. The summed E-state index contributed by atoms with van der Waals surface area (Å²) in [6, 6.07) is 4.57. The van der Waals surface area contributed by atoms with E-state index < -0.39 is 16.9 Å². The Labute approximate surface area is 157 Å². The molecule has 0 aliphatic heterocycles. The third-order valence-corrected chi connectivity index (χ3v) is 4.31. The Balaban J connectivity index is 2.27. The van der Waals surface area contributed by atoms with Gasteiger partial charge in [0.05, 0.1) is 16.7 Å². The average Bonchev–Trinajstić information content (AvgIpc) is 3.08. The molecule has 1 heterocycles. The molecule has 2 aromatic rings. The van der Waals surface area contributed by atoms with Gasteiger partial charge in [-0.1, -0.05) is 32.9 Å². The number of aromatic nitrogens is 1. The number of benzene rings is 1. The Morgan fingerprint density at radius 3 is 2.30 bits per heavy atom. The minimum atomic E-state index is -0.775. The van der Waals surface area contributed by atoms with Crippen molar-refractivity contribution in [3.63, 3.8) is 0 Å². The fourth-order valence-corrected chi connectivity index (χ4v) is 2.78. The molecule has 0 spiro atoms. The van der Waals surface area contributed by atoms with Crippen molar-refractivity contribution >= 4 is 17.4 Å². The first-order chi connectivity index (χ1) is 12.8. The van der Waals surface area contributed by atoms with Crippen LogP contribution < -0.4 is 5.32 Å². The van der Waals surface area contributed by atoms with E-state index in [9.17, 15) is 19.7 Å². The molecular formula is C19H23N3O5. The molecule has 1 amide bonds. The van der Waals surface area contributed by atoms with Gasteiger partial charge in [-0.15, -0.1) is 0 Å². The molecule has 1 unspecified atom stereocenters. The van der Waals surface area contributed by atoms with Crippen molar-refractivity contribution in [2.75, 3.05) is 0 Å². The molecule has 8 heteroatoms. The maximum Gasteiger partial charge on any atom is 0.269 e. The fraction of sp³-hybridized carbons (Fsp3) is 0.421. The average molecular weight is 373 g/mol. The van der Waals surface area contributed by atoms with Crippen LogP contribution in [0.3, 0.4) is 0 Å². The van der Waals surface area contributed by atoms with Crippen LogP contribution in [0.25, 0.3) is 0 Å². The summed E-state index contributed by atoms with van der Waals surface area (Å²) in [7, 11) is 0. The number of rotatable bonds is 8. The molecule has 1 aromatic carbocycles. The predicted molar refractivity (Wildman–Crippen MR) is 98.8 cm³/mol. The van der Waals surface area contributed by atoms with Crippen molar-refractivity contribution in [1.29, 1.82) is 0 Å². The van der Waals surface area contributed by atoms with Crippen LogP contribution in [-0.2, 0) is 12.8 Å². The van der Waals surface area contributed by atoms with Crippen LogP contribution in [0, 0.1) is 16.0 Å². The second kappa shape index (κ2) is 8.57. The number of nitro groups is 1. The summed E-state index contributed by atoms with van der Waals surface area (Å²) in [6.07, 6.45) is 1.05. The number of aryl methyl sites for hydroxylation is 2. The smallest absolute Gasteiger partial charge is 0.269 e. The lowest BCUT2D eigenvalue weighted by Crippen LogP contribution is -2.44. The molecule has 1 atom stereocenters. The number of non-ortho nitro benzene ring substituents is 1. The molecule has 0 aliphatic rings. The van der Waals surface area contributed by atoms with Crippen LogP contribution in [0.15, 0.2) is 28.8 Å². The largest absolute Gasteiger partial charge is 0.360 e. The van der Waals surface area contributed by atoms with E-state index in [1.54, 1.807) is 0 Å². The van der Waals surface area contributed by atoms with Gasteiger partial charge in [-0.3, -0.25) is 19.7 Å². The maximum atomic E-state index is 12.9. The van der Waals surface area contributed by atoms with Crippen molar-refractivity contribution in [3.8, 4) is 0 Å². The van der Waals surface area contributed by atoms with E-state index in [1.165, 1.54) is 24.3 Å². The van der Waals surface area contributed by atoms with E-state index in [0.29, 0.717) is 35.4 Å². The molecule has 2 rings (SSSR count). The number of carbonyl (C=O) groups is 2. The lowest BCUT2D eigenvalue weighted by molar-refractivity contribution is -0.384. The Kier molecular flexibility index (Phi) is 6.44. The van der Waals surface area contributed by atoms with Gasteiger partial charge in [0.1, 0.15) is 11.3 Å². The molecule has 0 fully saturated rings. The van der Waals surface area contributed by atoms with Gasteiger partial charge in [-0.05, 0) is 24.5 Å². The zero-order valence-electron chi connectivity index (χ0n) is 15.8. The van der Waals surface area contributed by atoms with Crippen molar-refractivity contribution in [2.24, 2.45) is 5.92 Å². The van der Waals surface area contributed by atoms with Gasteiger partial charge in [-0.2, -0.15) is 0 Å². The van der Waals surface area contributed by atoms with E-state index >= 15 is 0 Å². The molecule has 8 nitrogen and oxygen atoms in total. The summed E-state index contributed by atoms with van der Waals surface area (Å²) in [5.41, 5.74) is 1.13. The number of hydrogen-bond donors (Lipinski definition) is 1. The van der Waals surface area contributed by atoms with E-state index in [2.05, 4.69) is 10.5 Å². The molecule has 1 N–H and O–H groups in total. The lowest BCUT2D eigenvalue weighted by atomic mass is 9.94. The summed E-state index contributed by atoms with van der Waals surface area (Å²) < 4.78 is 5.22. The number of hydrogen-bond acceptors (Lipinski definition) is 6. The molecule has 0 radical (unpaired) electrons. The first-order valence-corrected chi connectivity index (χ1v) is 8.87. The van der Waals surface area contributed by atoms with Crippen molar-refractivity contribution in [2.45, 2.75) is 46.6 Å². The van der Waals surface area contributed by atoms with E-state index in [1.807, 2.05) is 27.7 Å². The van der Waals surface area contributed by atoms with Crippen LogP contribution in [-0.4, -0.2) is 27.8 Å². The van der Waals surface area contributed by atoms with Crippen molar-refractivity contribution < 1.29 is 19.0 Å². The first-order valence-electron chi connectivity index (χ1n) is 8.87. The van der Waals surface area contributed by atoms with Crippen LogP contribution in [0.4, 0.5) is 5.69 Å². The molecule has 0 aliphatic carbocycles. The molecular weight excluding hydrogens is 350 g/mol. The number of ketones is 1. The number of Topliss-reactive ketones (excluding diaryl/α,β-unsaturated/α-hetero) is 1. The fourth-order valence-electron chi connectivity index (χ4n) is 2.78. The monoisotopic (exact) mass is 373 g/mol. The Morgan fingerprint density at radius 1 is 1.19 bits per heavy atom. The van der Waals surface area contributed by atoms with Gasteiger partial charge in [0.25, 0.3) is 11.6 Å². The van der Waals surface area contributed by atoms with Gasteiger partial charge in [0.2, 0.25) is 0 Å². The molecule has 1 aromatic heterocycles. The second-order valence-electron chi connectivity index (χ2n) is 6.50. The first kappa shape index (κ1) is 20.3. The van der Waals surface area contributed by atoms with Gasteiger partial charge in [0.15, 0.2) is 5.78 Å². The third-order valence-electron chi connectivity index (χ3n) is 4.31. The predicted octanol–water partition coefficient (Wildman–Crippen LogP) is 3.34. The zero-order chi connectivity index (χ0) is 20.1. The third kappa shape index (κ3) is 4.39. The van der Waals surface area contributed by atoms with Crippen LogP contribution in [0.2, 0.25) is 0 Å². The topological polar surface area (TPSA) is 115 Å². The van der Waals surface area contributed by atoms with Gasteiger partial charge in [-0.25, -0.2) is 0 Å². The van der Waals surface area contributed by atoms with Gasteiger partial charge < -0.3 is 9.84 Å². The van der Waals surface area contributed by atoms with E-state index in [0.717, 1.165) is 0 Å². The molecule has 27 heavy (non-hydrogen) atoms. The van der Waals surface area contributed by atoms with Crippen molar-refractivity contribution in [3.05, 3.63) is 57.0 Å². The highest BCUT2D eigenvalue weighted by Gasteiger charge is 2.29. The van der Waals surface area contributed by atoms with Gasteiger partial charge >= 0.3 is 0 Å². The summed E-state index contributed by atoms with van der Waals surface area (Å²) in [5.74, 6) is -0.402. The lowest BCUT2D eigenvalue weighted by Gasteiger charge is -2.21. The summed E-state index contributed by atoms with van der Waals surface area (Å²) in [6.45, 7) is 7.38. The number of nitro benzene ring substituents is 1. The van der Waals surface area contributed by atoms with E-state index in [-0.39, 0.29) is 17.4 Å². The van der Waals surface area contributed by atoms with Crippen molar-refractivity contribution in [1.82, 2.24) is 10.5 Å². The number of nitrogens with zero attached hydrogens (tertiary/aromatic N) is 2. The zero-order valence-corrected chi connectivity index (χ0v) is 15.8. The molecule has 0 bridgehead atoms.